The molecule has 2 rings (SSSR count). The second-order valence-electron chi connectivity index (χ2n) is 4.30. The van der Waals surface area contributed by atoms with Crippen molar-refractivity contribution in [3.8, 4) is 0 Å². The van der Waals surface area contributed by atoms with Crippen LogP contribution < -0.4 is 5.32 Å². The Hall–Kier alpha value is -1.19. The maximum Gasteiger partial charge on any atom is 0.416 e. The summed E-state index contributed by atoms with van der Waals surface area (Å²) in [6.45, 7) is 1.48. The Bertz CT molecular complexity index is 380. The molecule has 88 valence electrons. The van der Waals surface area contributed by atoms with Gasteiger partial charge in [-0.15, -0.1) is 0 Å². The van der Waals surface area contributed by atoms with E-state index in [1.807, 2.05) is 0 Å². The SMILES string of the molecule is Cc1ccc(NC2CCC2)cc1C(F)(F)F. The summed E-state index contributed by atoms with van der Waals surface area (Å²) in [4.78, 5) is 0. The van der Waals surface area contributed by atoms with Gasteiger partial charge in [0, 0.05) is 11.7 Å². The summed E-state index contributed by atoms with van der Waals surface area (Å²) in [5.41, 5.74) is 0.297. The highest BCUT2D eigenvalue weighted by atomic mass is 19.4. The minimum absolute atomic E-state index is 0.270. The molecule has 0 saturated heterocycles. The fourth-order valence-corrected chi connectivity index (χ4v) is 1.81. The average Bonchev–Trinajstić information content (AvgIpc) is 2.12. The monoisotopic (exact) mass is 229 g/mol. The van der Waals surface area contributed by atoms with E-state index in [-0.39, 0.29) is 5.56 Å². The van der Waals surface area contributed by atoms with E-state index in [9.17, 15) is 13.2 Å². The van der Waals surface area contributed by atoms with Gasteiger partial charge in [-0.1, -0.05) is 6.07 Å². The fraction of sp³-hybridized carbons (Fsp3) is 0.500. The zero-order valence-corrected chi connectivity index (χ0v) is 9.06. The summed E-state index contributed by atoms with van der Waals surface area (Å²) in [5.74, 6) is 0. The lowest BCUT2D eigenvalue weighted by atomic mass is 9.93. The number of hydrogen-bond acceptors (Lipinski definition) is 1. The molecule has 0 spiro atoms. The number of nitrogens with one attached hydrogen (secondary N) is 1. The van der Waals surface area contributed by atoms with E-state index in [4.69, 9.17) is 0 Å². The van der Waals surface area contributed by atoms with Crippen molar-refractivity contribution in [2.75, 3.05) is 5.32 Å². The Labute approximate surface area is 92.7 Å². The predicted octanol–water partition coefficient (Wildman–Crippen LogP) is 3.98. The largest absolute Gasteiger partial charge is 0.416 e. The molecule has 0 unspecified atom stereocenters. The molecule has 1 aliphatic rings. The molecule has 1 aliphatic carbocycles. The van der Waals surface area contributed by atoms with Crippen molar-refractivity contribution in [1.82, 2.24) is 0 Å². The Morgan fingerprint density at radius 1 is 1.25 bits per heavy atom. The molecule has 1 nitrogen and oxygen atoms in total. The predicted molar refractivity (Wildman–Crippen MR) is 57.4 cm³/mol. The van der Waals surface area contributed by atoms with Crippen molar-refractivity contribution in [3.05, 3.63) is 29.3 Å². The number of aryl methyl sites for hydroxylation is 1. The zero-order valence-electron chi connectivity index (χ0n) is 9.06. The van der Waals surface area contributed by atoms with Crippen LogP contribution in [0.5, 0.6) is 0 Å². The molecule has 4 heteroatoms. The normalized spacial score (nSPS) is 17.0. The third kappa shape index (κ3) is 2.31. The first-order valence-corrected chi connectivity index (χ1v) is 5.41. The molecule has 1 aromatic rings. The Morgan fingerprint density at radius 3 is 2.44 bits per heavy atom. The van der Waals surface area contributed by atoms with Gasteiger partial charge in [-0.3, -0.25) is 0 Å². The molecule has 1 aromatic carbocycles. The molecule has 0 aromatic heterocycles. The van der Waals surface area contributed by atoms with Crippen LogP contribution in [-0.4, -0.2) is 6.04 Å². The molecule has 0 heterocycles. The van der Waals surface area contributed by atoms with E-state index in [2.05, 4.69) is 5.32 Å². The summed E-state index contributed by atoms with van der Waals surface area (Å²) in [5, 5.41) is 3.12. The molecular formula is C12H14F3N. The van der Waals surface area contributed by atoms with E-state index < -0.39 is 11.7 Å². The van der Waals surface area contributed by atoms with Crippen LogP contribution in [0.4, 0.5) is 18.9 Å². The maximum atomic E-state index is 12.6. The van der Waals surface area contributed by atoms with Crippen molar-refractivity contribution in [2.45, 2.75) is 38.4 Å². The maximum absolute atomic E-state index is 12.6. The molecule has 1 fully saturated rings. The average molecular weight is 229 g/mol. The Balaban J connectivity index is 2.20. The molecule has 1 N–H and O–H groups in total. The van der Waals surface area contributed by atoms with E-state index in [0.717, 1.165) is 19.3 Å². The van der Waals surface area contributed by atoms with Crippen LogP contribution in [0.15, 0.2) is 18.2 Å². The highest BCUT2D eigenvalue weighted by molar-refractivity contribution is 5.50. The van der Waals surface area contributed by atoms with Gasteiger partial charge in [0.1, 0.15) is 0 Å². The van der Waals surface area contributed by atoms with Crippen molar-refractivity contribution in [1.29, 1.82) is 0 Å². The standard InChI is InChI=1S/C12H14F3N/c1-8-5-6-10(16-9-3-2-4-9)7-11(8)12(13,14)15/h5-7,9,16H,2-4H2,1H3. The fourth-order valence-electron chi connectivity index (χ4n) is 1.81. The topological polar surface area (TPSA) is 12.0 Å². The highest BCUT2D eigenvalue weighted by Crippen LogP contribution is 2.34. The van der Waals surface area contributed by atoms with E-state index in [0.29, 0.717) is 11.7 Å². The molecule has 0 bridgehead atoms. The van der Waals surface area contributed by atoms with Crippen LogP contribution in [0.3, 0.4) is 0 Å². The number of benzene rings is 1. The summed E-state index contributed by atoms with van der Waals surface area (Å²) in [6, 6.07) is 4.78. The molecular weight excluding hydrogens is 215 g/mol. The van der Waals surface area contributed by atoms with Gasteiger partial charge in [-0.05, 0) is 43.9 Å². The van der Waals surface area contributed by atoms with Gasteiger partial charge in [0.25, 0.3) is 0 Å². The minimum Gasteiger partial charge on any atom is -0.382 e. The number of alkyl halides is 3. The van der Waals surface area contributed by atoms with Crippen LogP contribution >= 0.6 is 0 Å². The highest BCUT2D eigenvalue weighted by Gasteiger charge is 2.32. The lowest BCUT2D eigenvalue weighted by Gasteiger charge is -2.28. The number of hydrogen-bond donors (Lipinski definition) is 1. The summed E-state index contributed by atoms with van der Waals surface area (Å²) >= 11 is 0. The summed E-state index contributed by atoms with van der Waals surface area (Å²) in [6.07, 6.45) is -0.999. The summed E-state index contributed by atoms with van der Waals surface area (Å²) in [7, 11) is 0. The lowest BCUT2D eigenvalue weighted by molar-refractivity contribution is -0.138. The minimum atomic E-state index is -4.26. The Morgan fingerprint density at radius 2 is 1.94 bits per heavy atom. The van der Waals surface area contributed by atoms with Crippen molar-refractivity contribution >= 4 is 5.69 Å². The van der Waals surface area contributed by atoms with E-state index in [1.165, 1.54) is 19.1 Å². The smallest absolute Gasteiger partial charge is 0.382 e. The second-order valence-corrected chi connectivity index (χ2v) is 4.30. The Kier molecular flexibility index (Phi) is 2.82. The molecule has 0 radical (unpaired) electrons. The van der Waals surface area contributed by atoms with Gasteiger partial charge < -0.3 is 5.32 Å². The van der Waals surface area contributed by atoms with Gasteiger partial charge in [0.15, 0.2) is 0 Å². The third-order valence-electron chi connectivity index (χ3n) is 3.02. The third-order valence-corrected chi connectivity index (χ3v) is 3.02. The van der Waals surface area contributed by atoms with Crippen LogP contribution in [0, 0.1) is 6.92 Å². The van der Waals surface area contributed by atoms with E-state index >= 15 is 0 Å². The van der Waals surface area contributed by atoms with Crippen molar-refractivity contribution in [3.63, 3.8) is 0 Å². The molecule has 0 amide bonds. The van der Waals surface area contributed by atoms with Gasteiger partial charge >= 0.3 is 6.18 Å². The molecule has 16 heavy (non-hydrogen) atoms. The first-order valence-electron chi connectivity index (χ1n) is 5.41. The van der Waals surface area contributed by atoms with Crippen LogP contribution in [0.1, 0.15) is 30.4 Å². The van der Waals surface area contributed by atoms with Crippen LogP contribution in [0.25, 0.3) is 0 Å². The number of rotatable bonds is 2. The quantitative estimate of drug-likeness (QED) is 0.808. The van der Waals surface area contributed by atoms with E-state index in [1.54, 1.807) is 6.07 Å². The zero-order chi connectivity index (χ0) is 11.8. The lowest BCUT2D eigenvalue weighted by Crippen LogP contribution is -2.27. The first kappa shape index (κ1) is 11.3. The molecule has 0 atom stereocenters. The summed E-state index contributed by atoms with van der Waals surface area (Å²) < 4.78 is 37.9. The molecule has 1 saturated carbocycles. The second kappa shape index (κ2) is 4.00. The van der Waals surface area contributed by atoms with Gasteiger partial charge in [-0.25, -0.2) is 0 Å². The number of halogens is 3. The van der Waals surface area contributed by atoms with Gasteiger partial charge in [0.2, 0.25) is 0 Å². The van der Waals surface area contributed by atoms with Crippen molar-refractivity contribution < 1.29 is 13.2 Å². The van der Waals surface area contributed by atoms with Gasteiger partial charge in [0.05, 0.1) is 5.56 Å². The van der Waals surface area contributed by atoms with Gasteiger partial charge in [-0.2, -0.15) is 13.2 Å². The van der Waals surface area contributed by atoms with Crippen LogP contribution in [-0.2, 0) is 6.18 Å². The van der Waals surface area contributed by atoms with Crippen LogP contribution in [0.2, 0.25) is 0 Å². The van der Waals surface area contributed by atoms with Crippen molar-refractivity contribution in [2.24, 2.45) is 0 Å². The number of anilines is 1. The first-order chi connectivity index (χ1) is 7.47. The molecule has 0 aliphatic heterocycles.